The number of carbonyl (C=O) groups excluding carboxylic acids is 1. The monoisotopic (exact) mass is 336 g/mol. The van der Waals surface area contributed by atoms with Crippen molar-refractivity contribution in [2.45, 2.75) is 13.8 Å². The summed E-state index contributed by atoms with van der Waals surface area (Å²) in [5, 5.41) is 5.21. The molecule has 0 bridgehead atoms. The van der Waals surface area contributed by atoms with Gasteiger partial charge in [0, 0.05) is 22.8 Å². The second kappa shape index (κ2) is 5.62. The molecule has 1 aromatic carbocycles. The Morgan fingerprint density at radius 2 is 2.08 bits per heavy atom. The highest BCUT2D eigenvalue weighted by molar-refractivity contribution is 5.94. The molecule has 0 unspecified atom stereocenters. The zero-order chi connectivity index (χ0) is 17.6. The zero-order valence-electron chi connectivity index (χ0n) is 14.0. The van der Waals surface area contributed by atoms with Crippen LogP contribution in [0.4, 0.5) is 0 Å². The smallest absolute Gasteiger partial charge is 0.339 e. The van der Waals surface area contributed by atoms with Crippen molar-refractivity contribution in [3.05, 3.63) is 53.6 Å². The average Bonchev–Trinajstić information content (AvgIpc) is 3.14. The molecule has 0 saturated heterocycles. The standard InChI is InChI=1S/C18H16N4O3/c1-10-6-12-7-13(4-5-15(12)21-10)25-17-16-11(2)14(18(23)24-3)8-22(16)20-9-19-17/h4-9,21H,1-3H3. The van der Waals surface area contributed by atoms with Crippen LogP contribution in [-0.2, 0) is 4.74 Å². The van der Waals surface area contributed by atoms with Crippen LogP contribution in [0.2, 0.25) is 0 Å². The lowest BCUT2D eigenvalue weighted by molar-refractivity contribution is 0.0600. The summed E-state index contributed by atoms with van der Waals surface area (Å²) in [5.41, 5.74) is 3.91. The van der Waals surface area contributed by atoms with E-state index in [-0.39, 0.29) is 0 Å². The first-order valence-corrected chi connectivity index (χ1v) is 7.75. The Kier molecular flexibility index (Phi) is 3.42. The summed E-state index contributed by atoms with van der Waals surface area (Å²) >= 11 is 0. The fraction of sp³-hybridized carbons (Fsp3) is 0.167. The molecule has 0 atom stereocenters. The van der Waals surface area contributed by atoms with Gasteiger partial charge in [0.1, 0.15) is 17.6 Å². The Morgan fingerprint density at radius 1 is 1.24 bits per heavy atom. The highest BCUT2D eigenvalue weighted by atomic mass is 16.5. The minimum atomic E-state index is -0.418. The zero-order valence-corrected chi connectivity index (χ0v) is 14.0. The van der Waals surface area contributed by atoms with Gasteiger partial charge in [0.25, 0.3) is 0 Å². The summed E-state index contributed by atoms with van der Waals surface area (Å²) in [6, 6.07) is 7.82. The Labute approximate surface area is 143 Å². The topological polar surface area (TPSA) is 81.5 Å². The quantitative estimate of drug-likeness (QED) is 0.580. The van der Waals surface area contributed by atoms with Crippen molar-refractivity contribution in [3.8, 4) is 11.6 Å². The fourth-order valence-corrected chi connectivity index (χ4v) is 2.95. The fourth-order valence-electron chi connectivity index (χ4n) is 2.95. The molecule has 0 amide bonds. The molecule has 0 aliphatic rings. The molecular formula is C18H16N4O3. The van der Waals surface area contributed by atoms with Crippen LogP contribution in [0.1, 0.15) is 21.6 Å². The molecule has 0 aliphatic heterocycles. The van der Waals surface area contributed by atoms with Gasteiger partial charge in [-0.2, -0.15) is 10.1 Å². The molecule has 0 spiro atoms. The molecule has 1 N–H and O–H groups in total. The van der Waals surface area contributed by atoms with E-state index in [0.717, 1.165) is 16.6 Å². The normalized spacial score (nSPS) is 11.2. The third kappa shape index (κ3) is 2.50. The first-order chi connectivity index (χ1) is 12.1. The summed E-state index contributed by atoms with van der Waals surface area (Å²) < 4.78 is 12.4. The molecule has 0 radical (unpaired) electrons. The number of aromatic nitrogens is 4. The molecule has 7 heteroatoms. The van der Waals surface area contributed by atoms with Gasteiger partial charge in [0.2, 0.25) is 5.88 Å². The number of carbonyl (C=O) groups is 1. The Hall–Kier alpha value is -3.35. The van der Waals surface area contributed by atoms with Gasteiger partial charge in [-0.15, -0.1) is 0 Å². The van der Waals surface area contributed by atoms with Gasteiger partial charge in [-0.05, 0) is 43.7 Å². The van der Waals surface area contributed by atoms with Crippen molar-refractivity contribution >= 4 is 22.4 Å². The molecule has 3 aromatic heterocycles. The molecule has 0 saturated carbocycles. The highest BCUT2D eigenvalue weighted by Gasteiger charge is 2.19. The van der Waals surface area contributed by atoms with E-state index >= 15 is 0 Å². The van der Waals surface area contributed by atoms with E-state index < -0.39 is 5.97 Å². The first-order valence-electron chi connectivity index (χ1n) is 7.75. The number of ether oxygens (including phenoxy) is 2. The maximum Gasteiger partial charge on any atom is 0.339 e. The highest BCUT2D eigenvalue weighted by Crippen LogP contribution is 2.30. The molecule has 126 valence electrons. The number of benzene rings is 1. The number of methoxy groups -OCH3 is 1. The van der Waals surface area contributed by atoms with Crippen molar-refractivity contribution < 1.29 is 14.3 Å². The summed E-state index contributed by atoms with van der Waals surface area (Å²) in [4.78, 5) is 19.4. The van der Waals surface area contributed by atoms with Crippen LogP contribution in [0.3, 0.4) is 0 Å². The van der Waals surface area contributed by atoms with Crippen LogP contribution in [0.5, 0.6) is 11.6 Å². The van der Waals surface area contributed by atoms with E-state index in [2.05, 4.69) is 21.1 Å². The number of rotatable bonds is 3. The maximum atomic E-state index is 11.9. The Morgan fingerprint density at radius 3 is 2.88 bits per heavy atom. The van der Waals surface area contributed by atoms with Crippen LogP contribution in [0, 0.1) is 13.8 Å². The van der Waals surface area contributed by atoms with Gasteiger partial charge < -0.3 is 14.5 Å². The van der Waals surface area contributed by atoms with Gasteiger partial charge in [-0.3, -0.25) is 0 Å². The summed E-state index contributed by atoms with van der Waals surface area (Å²) in [5.74, 6) is 0.625. The van der Waals surface area contributed by atoms with Gasteiger partial charge in [0.05, 0.1) is 12.7 Å². The van der Waals surface area contributed by atoms with E-state index in [1.54, 1.807) is 10.7 Å². The van der Waals surface area contributed by atoms with Crippen LogP contribution in [-0.4, -0.2) is 32.7 Å². The number of hydrogen-bond donors (Lipinski definition) is 1. The van der Waals surface area contributed by atoms with Crippen LogP contribution in [0.25, 0.3) is 16.4 Å². The minimum absolute atomic E-state index is 0.384. The first kappa shape index (κ1) is 15.2. The summed E-state index contributed by atoms with van der Waals surface area (Å²) in [6.07, 6.45) is 3.01. The summed E-state index contributed by atoms with van der Waals surface area (Å²) in [6.45, 7) is 3.82. The predicted octanol–water partition coefficient (Wildman–Crippen LogP) is 3.41. The van der Waals surface area contributed by atoms with E-state index in [9.17, 15) is 4.79 Å². The number of nitrogens with one attached hydrogen (secondary N) is 1. The molecule has 3 heterocycles. The second-order valence-electron chi connectivity index (χ2n) is 5.82. The lowest BCUT2D eigenvalue weighted by Gasteiger charge is -2.07. The average molecular weight is 336 g/mol. The van der Waals surface area contributed by atoms with Gasteiger partial charge >= 0.3 is 5.97 Å². The molecular weight excluding hydrogens is 320 g/mol. The molecule has 7 nitrogen and oxygen atoms in total. The number of nitrogens with zero attached hydrogens (tertiary/aromatic N) is 3. The maximum absolute atomic E-state index is 11.9. The molecule has 4 rings (SSSR count). The number of H-pyrrole nitrogens is 1. The number of hydrogen-bond acceptors (Lipinski definition) is 5. The SMILES string of the molecule is COC(=O)c1cn2ncnc(Oc3ccc4[nH]c(C)cc4c3)c2c1C. The lowest BCUT2D eigenvalue weighted by atomic mass is 10.2. The summed E-state index contributed by atoms with van der Waals surface area (Å²) in [7, 11) is 1.35. The van der Waals surface area contributed by atoms with Crippen LogP contribution < -0.4 is 4.74 Å². The van der Waals surface area contributed by atoms with Crippen molar-refractivity contribution in [1.82, 2.24) is 19.6 Å². The largest absolute Gasteiger partial charge is 0.465 e. The van der Waals surface area contributed by atoms with Crippen LogP contribution in [0.15, 0.2) is 36.8 Å². The number of aromatic amines is 1. The number of fused-ring (bicyclic) bond motifs is 2. The Balaban J connectivity index is 1.80. The van der Waals surface area contributed by atoms with Gasteiger partial charge in [-0.25, -0.2) is 9.31 Å². The van der Waals surface area contributed by atoms with Crippen LogP contribution >= 0.6 is 0 Å². The molecule has 25 heavy (non-hydrogen) atoms. The molecule has 4 aromatic rings. The van der Waals surface area contributed by atoms with Crippen molar-refractivity contribution in [1.29, 1.82) is 0 Å². The molecule has 0 aliphatic carbocycles. The van der Waals surface area contributed by atoms with E-state index in [1.165, 1.54) is 13.4 Å². The van der Waals surface area contributed by atoms with Crippen molar-refractivity contribution in [3.63, 3.8) is 0 Å². The van der Waals surface area contributed by atoms with Crippen molar-refractivity contribution in [2.24, 2.45) is 0 Å². The minimum Gasteiger partial charge on any atom is -0.465 e. The molecule has 0 fully saturated rings. The van der Waals surface area contributed by atoms with E-state index in [1.807, 2.05) is 32.0 Å². The van der Waals surface area contributed by atoms with Crippen molar-refractivity contribution in [2.75, 3.05) is 7.11 Å². The van der Waals surface area contributed by atoms with Gasteiger partial charge in [0.15, 0.2) is 0 Å². The van der Waals surface area contributed by atoms with Gasteiger partial charge in [-0.1, -0.05) is 0 Å². The third-order valence-electron chi connectivity index (χ3n) is 4.14. The Bertz CT molecular complexity index is 1110. The third-order valence-corrected chi connectivity index (χ3v) is 4.14. The second-order valence-corrected chi connectivity index (χ2v) is 5.82. The lowest BCUT2D eigenvalue weighted by Crippen LogP contribution is -2.00. The van der Waals surface area contributed by atoms with E-state index in [0.29, 0.717) is 28.3 Å². The predicted molar refractivity (Wildman–Crippen MR) is 92.2 cm³/mol. The van der Waals surface area contributed by atoms with E-state index in [4.69, 9.17) is 9.47 Å². The number of esters is 1. The number of aryl methyl sites for hydroxylation is 2.